The summed E-state index contributed by atoms with van der Waals surface area (Å²) < 4.78 is 3.65. The first-order chi connectivity index (χ1) is 12.6. The topological polar surface area (TPSA) is 38.9 Å². The Bertz CT molecular complexity index is 904. The number of nitrogens with zero attached hydrogens (tertiary/aromatic N) is 5. The van der Waals surface area contributed by atoms with Crippen molar-refractivity contribution in [2.24, 2.45) is 7.05 Å². The maximum absolute atomic E-state index is 4.73. The number of aryl methyl sites for hydroxylation is 1. The van der Waals surface area contributed by atoms with Crippen LogP contribution in [0.1, 0.15) is 44.1 Å². The lowest BCUT2D eigenvalue weighted by Crippen LogP contribution is -2.34. The van der Waals surface area contributed by atoms with Crippen LogP contribution < -0.4 is 0 Å². The first-order valence-electron chi connectivity index (χ1n) is 9.46. The van der Waals surface area contributed by atoms with E-state index in [2.05, 4.69) is 49.0 Å². The molecule has 1 aliphatic carbocycles. The van der Waals surface area contributed by atoms with Crippen LogP contribution in [0.5, 0.6) is 0 Å². The van der Waals surface area contributed by atoms with Crippen LogP contribution in [0.2, 0.25) is 0 Å². The van der Waals surface area contributed by atoms with E-state index in [9.17, 15) is 0 Å². The van der Waals surface area contributed by atoms with Crippen LogP contribution in [0.3, 0.4) is 0 Å². The zero-order chi connectivity index (χ0) is 18.3. The molecule has 138 valence electrons. The van der Waals surface area contributed by atoms with E-state index in [1.54, 1.807) is 0 Å². The second-order valence-corrected chi connectivity index (χ2v) is 7.94. The Labute approximate surface area is 160 Å². The number of aromatic nitrogens is 4. The number of rotatable bonds is 4. The van der Waals surface area contributed by atoms with Crippen molar-refractivity contribution < 1.29 is 0 Å². The number of thiol groups is 1. The molecule has 5 nitrogen and oxygen atoms in total. The maximum atomic E-state index is 4.73. The van der Waals surface area contributed by atoms with E-state index in [-0.39, 0.29) is 0 Å². The molecule has 0 N–H and O–H groups in total. The van der Waals surface area contributed by atoms with Crippen molar-refractivity contribution in [1.29, 1.82) is 0 Å². The highest BCUT2D eigenvalue weighted by atomic mass is 32.1. The minimum atomic E-state index is 0.610. The normalized spacial score (nSPS) is 21.0. The molecular weight excluding hydrogens is 342 g/mol. The van der Waals surface area contributed by atoms with Gasteiger partial charge >= 0.3 is 0 Å². The second-order valence-electron chi connectivity index (χ2n) is 7.51. The van der Waals surface area contributed by atoms with Crippen LogP contribution in [0.25, 0.3) is 22.2 Å². The van der Waals surface area contributed by atoms with Crippen molar-refractivity contribution in [1.82, 2.24) is 23.6 Å². The van der Waals surface area contributed by atoms with Crippen molar-refractivity contribution in [3.8, 4) is 11.1 Å². The maximum Gasteiger partial charge on any atom is 0.150 e. The molecule has 6 heteroatoms. The van der Waals surface area contributed by atoms with E-state index in [0.29, 0.717) is 5.92 Å². The molecule has 1 saturated carbocycles. The third kappa shape index (κ3) is 3.16. The highest BCUT2D eigenvalue weighted by Crippen LogP contribution is 2.37. The minimum Gasteiger partial charge on any atom is -0.304 e. The van der Waals surface area contributed by atoms with Gasteiger partial charge in [0.15, 0.2) is 0 Å². The van der Waals surface area contributed by atoms with E-state index >= 15 is 0 Å². The van der Waals surface area contributed by atoms with Gasteiger partial charge in [-0.3, -0.25) is 8.65 Å². The summed E-state index contributed by atoms with van der Waals surface area (Å²) in [5.74, 6) is 0.610. The van der Waals surface area contributed by atoms with Crippen LogP contribution >= 0.6 is 12.8 Å². The molecule has 26 heavy (non-hydrogen) atoms. The molecule has 0 saturated heterocycles. The van der Waals surface area contributed by atoms with E-state index < -0.39 is 0 Å². The lowest BCUT2D eigenvalue weighted by atomic mass is 9.81. The summed E-state index contributed by atoms with van der Waals surface area (Å²) in [6.45, 7) is 3.37. The standard InChI is InChI=1S/C20H27N5S/c1-4-23(2)17-7-5-14(6-8-17)15-9-18-19(16-11-22-24(3)12-16)13-25(26)20(18)21-10-15/h9-14,17,26H,4-8H2,1-3H3. The third-order valence-electron chi connectivity index (χ3n) is 5.95. The molecule has 0 radical (unpaired) electrons. The summed E-state index contributed by atoms with van der Waals surface area (Å²) in [5.41, 5.74) is 4.53. The molecule has 0 unspecified atom stereocenters. The van der Waals surface area contributed by atoms with Gasteiger partial charge in [0, 0.05) is 48.2 Å². The van der Waals surface area contributed by atoms with E-state index in [0.717, 1.165) is 29.4 Å². The predicted molar refractivity (Wildman–Crippen MR) is 110 cm³/mol. The average Bonchev–Trinajstić information content (AvgIpc) is 3.24. The molecule has 3 aromatic heterocycles. The highest BCUT2D eigenvalue weighted by molar-refractivity contribution is 7.78. The number of hydrogen-bond donors (Lipinski definition) is 1. The van der Waals surface area contributed by atoms with Gasteiger partial charge in [-0.1, -0.05) is 19.7 Å². The van der Waals surface area contributed by atoms with Gasteiger partial charge in [0.25, 0.3) is 0 Å². The van der Waals surface area contributed by atoms with Gasteiger partial charge in [0.2, 0.25) is 0 Å². The monoisotopic (exact) mass is 369 g/mol. The smallest absolute Gasteiger partial charge is 0.150 e. The van der Waals surface area contributed by atoms with Gasteiger partial charge in [-0.2, -0.15) is 5.10 Å². The van der Waals surface area contributed by atoms with Gasteiger partial charge in [-0.05, 0) is 56.8 Å². The molecule has 1 fully saturated rings. The van der Waals surface area contributed by atoms with Crippen LogP contribution in [-0.2, 0) is 7.05 Å². The van der Waals surface area contributed by atoms with Gasteiger partial charge < -0.3 is 4.90 Å². The molecule has 0 atom stereocenters. The van der Waals surface area contributed by atoms with Crippen molar-refractivity contribution in [2.45, 2.75) is 44.6 Å². The van der Waals surface area contributed by atoms with Crippen LogP contribution in [0.4, 0.5) is 0 Å². The van der Waals surface area contributed by atoms with Gasteiger partial charge in [0.05, 0.1) is 6.20 Å². The number of fused-ring (bicyclic) bond motifs is 1. The summed E-state index contributed by atoms with van der Waals surface area (Å²) >= 11 is 4.56. The summed E-state index contributed by atoms with van der Waals surface area (Å²) in [5, 5.41) is 5.48. The zero-order valence-electron chi connectivity index (χ0n) is 15.8. The minimum absolute atomic E-state index is 0.610. The van der Waals surface area contributed by atoms with Crippen LogP contribution in [0.15, 0.2) is 30.9 Å². The molecule has 4 rings (SSSR count). The molecule has 0 spiro atoms. The van der Waals surface area contributed by atoms with E-state index in [1.165, 1.54) is 36.6 Å². The largest absolute Gasteiger partial charge is 0.304 e. The summed E-state index contributed by atoms with van der Waals surface area (Å²) in [6, 6.07) is 3.06. The van der Waals surface area contributed by atoms with Gasteiger partial charge in [-0.25, -0.2) is 4.98 Å². The Morgan fingerprint density at radius 1 is 1.19 bits per heavy atom. The summed E-state index contributed by atoms with van der Waals surface area (Å²) in [4.78, 5) is 7.21. The van der Waals surface area contributed by atoms with Gasteiger partial charge in [0.1, 0.15) is 5.65 Å². The first-order valence-corrected chi connectivity index (χ1v) is 9.86. The van der Waals surface area contributed by atoms with Crippen LogP contribution in [0, 0.1) is 0 Å². The molecule has 0 aliphatic heterocycles. The van der Waals surface area contributed by atoms with E-state index in [1.807, 2.05) is 34.3 Å². The SMILES string of the molecule is CCN(C)C1CCC(c2cnc3c(c2)c(-c2cnn(C)c2)cn3S)CC1. The third-order valence-corrected chi connectivity index (χ3v) is 6.26. The molecule has 0 aromatic carbocycles. The first kappa shape index (κ1) is 17.6. The Kier molecular flexibility index (Phi) is 4.80. The Morgan fingerprint density at radius 3 is 2.62 bits per heavy atom. The fourth-order valence-electron chi connectivity index (χ4n) is 4.23. The Morgan fingerprint density at radius 2 is 1.96 bits per heavy atom. The molecule has 0 amide bonds. The number of hydrogen-bond acceptors (Lipinski definition) is 4. The van der Waals surface area contributed by atoms with Crippen molar-refractivity contribution >= 4 is 23.8 Å². The average molecular weight is 370 g/mol. The van der Waals surface area contributed by atoms with E-state index in [4.69, 9.17) is 4.98 Å². The van der Waals surface area contributed by atoms with Crippen molar-refractivity contribution in [3.63, 3.8) is 0 Å². The van der Waals surface area contributed by atoms with Crippen molar-refractivity contribution in [3.05, 3.63) is 36.4 Å². The predicted octanol–water partition coefficient (Wildman–Crippen LogP) is 4.11. The second kappa shape index (κ2) is 7.08. The summed E-state index contributed by atoms with van der Waals surface area (Å²) in [7, 11) is 4.19. The highest BCUT2D eigenvalue weighted by Gasteiger charge is 2.25. The fraction of sp³-hybridized carbons (Fsp3) is 0.500. The van der Waals surface area contributed by atoms with Crippen LogP contribution in [-0.4, -0.2) is 43.3 Å². The fourth-order valence-corrected chi connectivity index (χ4v) is 4.50. The molecule has 1 aliphatic rings. The Balaban J connectivity index is 1.64. The molecule has 3 heterocycles. The lowest BCUT2D eigenvalue weighted by Gasteiger charge is -2.34. The molecule has 3 aromatic rings. The number of pyridine rings is 1. The summed E-state index contributed by atoms with van der Waals surface area (Å²) in [6.07, 6.45) is 13.1. The quantitative estimate of drug-likeness (QED) is 0.704. The zero-order valence-corrected chi connectivity index (χ0v) is 16.7. The lowest BCUT2D eigenvalue weighted by molar-refractivity contribution is 0.190. The van der Waals surface area contributed by atoms with Crippen molar-refractivity contribution in [2.75, 3.05) is 13.6 Å². The Hall–Kier alpha value is -1.79. The molecular formula is C20H27N5S. The van der Waals surface area contributed by atoms with Gasteiger partial charge in [-0.15, -0.1) is 0 Å². The molecule has 0 bridgehead atoms.